The molecule has 1 saturated heterocycles. The molecular formula is C19H18N2O4. The molecule has 0 unspecified atom stereocenters. The molecule has 0 bridgehead atoms. The van der Waals surface area contributed by atoms with E-state index in [2.05, 4.69) is 5.32 Å². The van der Waals surface area contributed by atoms with Crippen LogP contribution in [0.15, 0.2) is 48.5 Å². The number of para-hydroxylation sites is 1. The minimum atomic E-state index is -0.513. The first-order chi connectivity index (χ1) is 12.2. The fourth-order valence-electron chi connectivity index (χ4n) is 3.10. The molecule has 2 aromatic carbocycles. The maximum Gasteiger partial charge on any atom is 0.252 e. The summed E-state index contributed by atoms with van der Waals surface area (Å²) < 4.78 is 11.0. The van der Waals surface area contributed by atoms with Crippen LogP contribution in [0.4, 0.5) is 5.69 Å². The molecule has 0 radical (unpaired) electrons. The van der Waals surface area contributed by atoms with Gasteiger partial charge >= 0.3 is 0 Å². The Labute approximate surface area is 145 Å². The summed E-state index contributed by atoms with van der Waals surface area (Å²) in [6, 6.07) is 14.0. The summed E-state index contributed by atoms with van der Waals surface area (Å²) in [5, 5.41) is 2.82. The topological polar surface area (TPSA) is 67.9 Å². The number of benzene rings is 2. The Morgan fingerprint density at radius 2 is 1.80 bits per heavy atom. The highest BCUT2D eigenvalue weighted by atomic mass is 16.6. The predicted molar refractivity (Wildman–Crippen MR) is 92.1 cm³/mol. The van der Waals surface area contributed by atoms with Crippen molar-refractivity contribution in [3.05, 3.63) is 54.1 Å². The van der Waals surface area contributed by atoms with Crippen molar-refractivity contribution in [2.45, 2.75) is 12.5 Å². The van der Waals surface area contributed by atoms with Crippen LogP contribution in [0, 0.1) is 0 Å². The number of hydrogen-bond donors (Lipinski definition) is 1. The molecule has 2 amide bonds. The van der Waals surface area contributed by atoms with Crippen molar-refractivity contribution in [2.24, 2.45) is 0 Å². The van der Waals surface area contributed by atoms with E-state index in [0.717, 1.165) is 5.69 Å². The SMILES string of the molecule is O=C(N[C@H]1CCN(c2ccccc2)C1=O)c1ccc2c(c1)OCCO2. The number of nitrogens with one attached hydrogen (secondary N) is 1. The van der Waals surface area contributed by atoms with Crippen molar-refractivity contribution >= 4 is 17.5 Å². The Morgan fingerprint density at radius 1 is 1.04 bits per heavy atom. The van der Waals surface area contributed by atoms with Gasteiger partial charge in [0.1, 0.15) is 19.3 Å². The highest BCUT2D eigenvalue weighted by Gasteiger charge is 2.33. The lowest BCUT2D eigenvalue weighted by atomic mass is 10.1. The molecule has 6 heteroatoms. The summed E-state index contributed by atoms with van der Waals surface area (Å²) in [6.45, 7) is 1.56. The lowest BCUT2D eigenvalue weighted by molar-refractivity contribution is -0.118. The van der Waals surface area contributed by atoms with Crippen LogP contribution in [0.2, 0.25) is 0 Å². The molecule has 2 aromatic rings. The third-order valence-corrected chi connectivity index (χ3v) is 4.38. The van der Waals surface area contributed by atoms with Crippen LogP contribution >= 0.6 is 0 Å². The molecule has 0 aliphatic carbocycles. The molecule has 4 rings (SSSR count). The van der Waals surface area contributed by atoms with E-state index >= 15 is 0 Å². The van der Waals surface area contributed by atoms with Gasteiger partial charge in [-0.3, -0.25) is 9.59 Å². The first-order valence-corrected chi connectivity index (χ1v) is 8.29. The highest BCUT2D eigenvalue weighted by molar-refractivity contribution is 6.04. The quantitative estimate of drug-likeness (QED) is 0.929. The van der Waals surface area contributed by atoms with Gasteiger partial charge in [-0.1, -0.05) is 18.2 Å². The molecular weight excluding hydrogens is 320 g/mol. The normalized spacial score (nSPS) is 19.0. The van der Waals surface area contributed by atoms with Crippen molar-refractivity contribution in [3.63, 3.8) is 0 Å². The first-order valence-electron chi connectivity index (χ1n) is 8.29. The van der Waals surface area contributed by atoms with Gasteiger partial charge in [0, 0.05) is 17.8 Å². The summed E-state index contributed by atoms with van der Waals surface area (Å²) in [7, 11) is 0. The molecule has 2 heterocycles. The summed E-state index contributed by atoms with van der Waals surface area (Å²) in [5.74, 6) is 0.819. The molecule has 128 valence electrons. The van der Waals surface area contributed by atoms with Gasteiger partial charge in [0.15, 0.2) is 11.5 Å². The third-order valence-electron chi connectivity index (χ3n) is 4.38. The van der Waals surface area contributed by atoms with Crippen LogP contribution < -0.4 is 19.7 Å². The molecule has 0 spiro atoms. The summed E-state index contributed by atoms with van der Waals surface area (Å²) in [6.07, 6.45) is 0.587. The minimum Gasteiger partial charge on any atom is -0.486 e. The van der Waals surface area contributed by atoms with E-state index in [1.165, 1.54) is 0 Å². The second-order valence-electron chi connectivity index (χ2n) is 6.00. The number of amides is 2. The lowest BCUT2D eigenvalue weighted by Crippen LogP contribution is -2.41. The van der Waals surface area contributed by atoms with Gasteiger partial charge in [-0.25, -0.2) is 0 Å². The smallest absolute Gasteiger partial charge is 0.252 e. The second kappa shape index (κ2) is 6.47. The maximum absolute atomic E-state index is 12.6. The number of anilines is 1. The van der Waals surface area contributed by atoms with Crippen LogP contribution in [0.25, 0.3) is 0 Å². The van der Waals surface area contributed by atoms with Gasteiger partial charge in [-0.2, -0.15) is 0 Å². The second-order valence-corrected chi connectivity index (χ2v) is 6.00. The fourth-order valence-corrected chi connectivity index (χ4v) is 3.10. The number of nitrogens with zero attached hydrogens (tertiary/aromatic N) is 1. The van der Waals surface area contributed by atoms with E-state index < -0.39 is 6.04 Å². The Bertz CT molecular complexity index is 806. The maximum atomic E-state index is 12.6. The van der Waals surface area contributed by atoms with Crippen molar-refractivity contribution in [1.29, 1.82) is 0 Å². The molecule has 1 atom stereocenters. The van der Waals surface area contributed by atoms with E-state index in [9.17, 15) is 9.59 Å². The average Bonchev–Trinajstić information content (AvgIpc) is 3.02. The number of hydrogen-bond acceptors (Lipinski definition) is 4. The van der Waals surface area contributed by atoms with Gasteiger partial charge in [-0.05, 0) is 36.8 Å². The number of rotatable bonds is 3. The number of ether oxygens (including phenoxy) is 2. The van der Waals surface area contributed by atoms with Crippen LogP contribution in [0.1, 0.15) is 16.8 Å². The molecule has 0 saturated carbocycles. The number of fused-ring (bicyclic) bond motifs is 1. The number of carbonyl (C=O) groups excluding carboxylic acids is 2. The fraction of sp³-hybridized carbons (Fsp3) is 0.263. The van der Waals surface area contributed by atoms with Crippen LogP contribution in [-0.2, 0) is 4.79 Å². The molecule has 2 aliphatic rings. The first kappa shape index (κ1) is 15.5. The molecule has 1 N–H and O–H groups in total. The standard InChI is InChI=1S/C19H18N2O4/c22-18(13-6-7-16-17(12-13)25-11-10-24-16)20-15-8-9-21(19(15)23)14-4-2-1-3-5-14/h1-7,12,15H,8-11H2,(H,20,22)/t15-/m0/s1. The molecule has 1 fully saturated rings. The summed E-state index contributed by atoms with van der Waals surface area (Å²) in [5.41, 5.74) is 1.30. The van der Waals surface area contributed by atoms with Crippen molar-refractivity contribution in [1.82, 2.24) is 5.32 Å². The van der Waals surface area contributed by atoms with Gasteiger partial charge in [0.2, 0.25) is 5.91 Å². The van der Waals surface area contributed by atoms with E-state index in [1.54, 1.807) is 23.1 Å². The molecule has 6 nitrogen and oxygen atoms in total. The zero-order valence-corrected chi connectivity index (χ0v) is 13.6. The number of carbonyl (C=O) groups is 2. The molecule has 2 aliphatic heterocycles. The van der Waals surface area contributed by atoms with E-state index in [4.69, 9.17) is 9.47 Å². The average molecular weight is 338 g/mol. The Morgan fingerprint density at radius 3 is 2.60 bits per heavy atom. The van der Waals surface area contributed by atoms with E-state index in [1.807, 2.05) is 30.3 Å². The highest BCUT2D eigenvalue weighted by Crippen LogP contribution is 2.31. The van der Waals surface area contributed by atoms with Gasteiger partial charge in [0.25, 0.3) is 5.91 Å². The Kier molecular flexibility index (Phi) is 4.01. The van der Waals surface area contributed by atoms with Gasteiger partial charge in [0.05, 0.1) is 0 Å². The lowest BCUT2D eigenvalue weighted by Gasteiger charge is -2.19. The van der Waals surface area contributed by atoms with Gasteiger partial charge in [-0.15, -0.1) is 0 Å². The Hall–Kier alpha value is -3.02. The van der Waals surface area contributed by atoms with Crippen molar-refractivity contribution < 1.29 is 19.1 Å². The minimum absolute atomic E-state index is 0.0860. The van der Waals surface area contributed by atoms with E-state index in [-0.39, 0.29) is 11.8 Å². The van der Waals surface area contributed by atoms with E-state index in [0.29, 0.717) is 43.2 Å². The van der Waals surface area contributed by atoms with Crippen LogP contribution in [-0.4, -0.2) is 37.6 Å². The van der Waals surface area contributed by atoms with Crippen molar-refractivity contribution in [2.75, 3.05) is 24.7 Å². The molecule has 0 aromatic heterocycles. The zero-order chi connectivity index (χ0) is 17.2. The monoisotopic (exact) mass is 338 g/mol. The van der Waals surface area contributed by atoms with Crippen LogP contribution in [0.3, 0.4) is 0 Å². The summed E-state index contributed by atoms with van der Waals surface area (Å²) >= 11 is 0. The summed E-state index contributed by atoms with van der Waals surface area (Å²) in [4.78, 5) is 26.8. The Balaban J connectivity index is 1.45. The third kappa shape index (κ3) is 3.03. The van der Waals surface area contributed by atoms with Gasteiger partial charge < -0.3 is 19.7 Å². The predicted octanol–water partition coefficient (Wildman–Crippen LogP) is 1.99. The zero-order valence-electron chi connectivity index (χ0n) is 13.6. The van der Waals surface area contributed by atoms with Crippen molar-refractivity contribution in [3.8, 4) is 11.5 Å². The largest absolute Gasteiger partial charge is 0.486 e. The van der Waals surface area contributed by atoms with Crippen LogP contribution in [0.5, 0.6) is 11.5 Å². The molecule has 25 heavy (non-hydrogen) atoms.